The molecule has 0 radical (unpaired) electrons. The van der Waals surface area contributed by atoms with Crippen LogP contribution in [0.1, 0.15) is 32.1 Å². The fraction of sp³-hybridized carbons (Fsp3) is 0.800. The van der Waals surface area contributed by atoms with E-state index in [2.05, 4.69) is 17.2 Å². The van der Waals surface area contributed by atoms with Crippen molar-refractivity contribution in [2.75, 3.05) is 0 Å². The van der Waals surface area contributed by atoms with E-state index in [1.54, 1.807) is 0 Å². The van der Waals surface area contributed by atoms with Crippen molar-refractivity contribution in [1.82, 2.24) is 10.6 Å². The Morgan fingerprint density at radius 2 is 1.92 bits per heavy atom. The van der Waals surface area contributed by atoms with Crippen LogP contribution in [0, 0.1) is 0 Å². The lowest BCUT2D eigenvalue weighted by molar-refractivity contribution is 0.211. The molecule has 0 aliphatic carbocycles. The van der Waals surface area contributed by atoms with Gasteiger partial charge in [0.2, 0.25) is 0 Å². The Hall–Kier alpha value is -0.500. The highest BCUT2D eigenvalue weighted by Gasteiger charge is 2.30. The van der Waals surface area contributed by atoms with E-state index in [0.29, 0.717) is 6.04 Å². The molecule has 0 aromatic heterocycles. The standard InChI is InChI=1S/C10H18N2/c1-2-11-10-6-8-4-3-5-9(7-10)12-8/h2,8-12H,1,3-7H2. The van der Waals surface area contributed by atoms with Gasteiger partial charge in [-0.1, -0.05) is 13.0 Å². The molecule has 2 bridgehead atoms. The van der Waals surface area contributed by atoms with Crippen LogP contribution in [0.25, 0.3) is 0 Å². The Kier molecular flexibility index (Phi) is 2.35. The lowest BCUT2D eigenvalue weighted by atomic mass is 9.84. The van der Waals surface area contributed by atoms with Crippen LogP contribution in [-0.4, -0.2) is 18.1 Å². The van der Waals surface area contributed by atoms with E-state index in [1.165, 1.54) is 32.1 Å². The maximum atomic E-state index is 3.72. The Balaban J connectivity index is 1.91. The van der Waals surface area contributed by atoms with Gasteiger partial charge in [0.05, 0.1) is 0 Å². The molecule has 0 spiro atoms. The number of nitrogens with one attached hydrogen (secondary N) is 2. The van der Waals surface area contributed by atoms with Gasteiger partial charge in [0.25, 0.3) is 0 Å². The normalized spacial score (nSPS) is 40.5. The Morgan fingerprint density at radius 1 is 1.25 bits per heavy atom. The minimum atomic E-state index is 0.680. The molecule has 0 saturated carbocycles. The fourth-order valence-corrected chi connectivity index (χ4v) is 2.57. The second-order valence-corrected chi connectivity index (χ2v) is 4.03. The van der Waals surface area contributed by atoms with Crippen molar-refractivity contribution in [3.05, 3.63) is 12.8 Å². The van der Waals surface area contributed by atoms with Crippen molar-refractivity contribution in [3.8, 4) is 0 Å². The summed E-state index contributed by atoms with van der Waals surface area (Å²) in [6.07, 6.45) is 8.55. The van der Waals surface area contributed by atoms with E-state index >= 15 is 0 Å². The largest absolute Gasteiger partial charge is 0.389 e. The molecule has 2 saturated heterocycles. The molecule has 2 fully saturated rings. The topological polar surface area (TPSA) is 24.1 Å². The summed E-state index contributed by atoms with van der Waals surface area (Å²) in [7, 11) is 0. The van der Waals surface area contributed by atoms with Crippen molar-refractivity contribution >= 4 is 0 Å². The molecule has 2 nitrogen and oxygen atoms in total. The van der Waals surface area contributed by atoms with Crippen LogP contribution in [0.5, 0.6) is 0 Å². The van der Waals surface area contributed by atoms with E-state index in [0.717, 1.165) is 12.1 Å². The molecule has 2 heterocycles. The van der Waals surface area contributed by atoms with Crippen LogP contribution in [0.3, 0.4) is 0 Å². The van der Waals surface area contributed by atoms with Crippen molar-refractivity contribution in [1.29, 1.82) is 0 Å². The lowest BCUT2D eigenvalue weighted by Crippen LogP contribution is -2.52. The van der Waals surface area contributed by atoms with Crippen LogP contribution in [-0.2, 0) is 0 Å². The highest BCUT2D eigenvalue weighted by molar-refractivity contribution is 4.93. The molecular formula is C10H18N2. The molecule has 2 unspecified atom stereocenters. The van der Waals surface area contributed by atoms with Crippen LogP contribution < -0.4 is 10.6 Å². The van der Waals surface area contributed by atoms with Gasteiger partial charge in [0.15, 0.2) is 0 Å². The monoisotopic (exact) mass is 166 g/mol. The highest BCUT2D eigenvalue weighted by Crippen LogP contribution is 2.25. The Bertz CT molecular complexity index is 155. The van der Waals surface area contributed by atoms with E-state index in [4.69, 9.17) is 0 Å². The third-order valence-corrected chi connectivity index (χ3v) is 3.07. The van der Waals surface area contributed by atoms with Crippen molar-refractivity contribution in [2.45, 2.75) is 50.2 Å². The summed E-state index contributed by atoms with van der Waals surface area (Å²) < 4.78 is 0. The fourth-order valence-electron chi connectivity index (χ4n) is 2.57. The van der Waals surface area contributed by atoms with Gasteiger partial charge in [-0.05, 0) is 31.9 Å². The van der Waals surface area contributed by atoms with Gasteiger partial charge in [-0.3, -0.25) is 0 Å². The number of hydrogen-bond donors (Lipinski definition) is 2. The van der Waals surface area contributed by atoms with Gasteiger partial charge >= 0.3 is 0 Å². The second-order valence-electron chi connectivity index (χ2n) is 4.03. The minimum absolute atomic E-state index is 0.680. The molecule has 2 rings (SSSR count). The van der Waals surface area contributed by atoms with Gasteiger partial charge in [0.1, 0.15) is 0 Å². The van der Waals surface area contributed by atoms with Crippen LogP contribution in [0.2, 0.25) is 0 Å². The first-order valence-electron chi connectivity index (χ1n) is 5.01. The van der Waals surface area contributed by atoms with Gasteiger partial charge in [-0.25, -0.2) is 0 Å². The molecule has 12 heavy (non-hydrogen) atoms. The predicted molar refractivity (Wildman–Crippen MR) is 50.9 cm³/mol. The number of fused-ring (bicyclic) bond motifs is 2. The van der Waals surface area contributed by atoms with E-state index in [9.17, 15) is 0 Å². The zero-order valence-corrected chi connectivity index (χ0v) is 7.55. The maximum Gasteiger partial charge on any atom is 0.0285 e. The SMILES string of the molecule is C=CNC1CC2CCCC(C1)N2. The van der Waals surface area contributed by atoms with Crippen molar-refractivity contribution in [2.24, 2.45) is 0 Å². The summed E-state index contributed by atoms with van der Waals surface area (Å²) in [6, 6.07) is 2.23. The average Bonchev–Trinajstić information content (AvgIpc) is 2.04. The quantitative estimate of drug-likeness (QED) is 0.648. The van der Waals surface area contributed by atoms with Crippen molar-refractivity contribution < 1.29 is 0 Å². The first-order chi connectivity index (χ1) is 5.88. The molecule has 2 heteroatoms. The first kappa shape index (κ1) is 8.11. The summed E-state index contributed by atoms with van der Waals surface area (Å²) in [4.78, 5) is 0. The van der Waals surface area contributed by atoms with Crippen LogP contribution in [0.4, 0.5) is 0 Å². The zero-order valence-electron chi connectivity index (χ0n) is 7.55. The molecule has 68 valence electrons. The van der Waals surface area contributed by atoms with Crippen LogP contribution in [0.15, 0.2) is 12.8 Å². The third-order valence-electron chi connectivity index (χ3n) is 3.07. The smallest absolute Gasteiger partial charge is 0.0285 e. The van der Waals surface area contributed by atoms with E-state index in [-0.39, 0.29) is 0 Å². The highest BCUT2D eigenvalue weighted by atomic mass is 15.0. The van der Waals surface area contributed by atoms with E-state index in [1.807, 2.05) is 6.20 Å². The molecule has 2 atom stereocenters. The lowest BCUT2D eigenvalue weighted by Gasteiger charge is -2.40. The number of hydrogen-bond acceptors (Lipinski definition) is 2. The molecule has 2 N–H and O–H groups in total. The first-order valence-corrected chi connectivity index (χ1v) is 5.01. The van der Waals surface area contributed by atoms with Gasteiger partial charge in [-0.15, -0.1) is 0 Å². The molecule has 0 amide bonds. The van der Waals surface area contributed by atoms with Crippen LogP contribution >= 0.6 is 0 Å². The van der Waals surface area contributed by atoms with Gasteiger partial charge in [-0.2, -0.15) is 0 Å². The van der Waals surface area contributed by atoms with Crippen molar-refractivity contribution in [3.63, 3.8) is 0 Å². The van der Waals surface area contributed by atoms with Gasteiger partial charge < -0.3 is 10.6 Å². The molecule has 2 aliphatic rings. The van der Waals surface area contributed by atoms with Gasteiger partial charge in [0, 0.05) is 18.1 Å². The second kappa shape index (κ2) is 3.48. The average molecular weight is 166 g/mol. The molecule has 0 aromatic carbocycles. The molecule has 2 aliphatic heterocycles. The number of piperidine rings is 2. The Labute approximate surface area is 74.4 Å². The molecular weight excluding hydrogens is 148 g/mol. The maximum absolute atomic E-state index is 3.72. The summed E-state index contributed by atoms with van der Waals surface area (Å²) in [5, 5.41) is 7.00. The summed E-state index contributed by atoms with van der Waals surface area (Å²) >= 11 is 0. The summed E-state index contributed by atoms with van der Waals surface area (Å²) in [6.45, 7) is 3.72. The zero-order chi connectivity index (χ0) is 8.39. The summed E-state index contributed by atoms with van der Waals surface area (Å²) in [5.41, 5.74) is 0. The van der Waals surface area contributed by atoms with E-state index < -0.39 is 0 Å². The Morgan fingerprint density at radius 3 is 2.50 bits per heavy atom. The number of rotatable bonds is 2. The minimum Gasteiger partial charge on any atom is -0.389 e. The third kappa shape index (κ3) is 1.63. The molecule has 0 aromatic rings. The predicted octanol–water partition coefficient (Wildman–Crippen LogP) is 1.39. The summed E-state index contributed by atoms with van der Waals surface area (Å²) in [5.74, 6) is 0.